The number of hydrogen-bond donors (Lipinski definition) is 0. The van der Waals surface area contributed by atoms with Gasteiger partial charge >= 0.3 is 0 Å². The van der Waals surface area contributed by atoms with Crippen LogP contribution >= 0.6 is 27.3 Å². The molecular weight excluding hydrogens is 270 g/mol. The highest BCUT2D eigenvalue weighted by atomic mass is 79.9. The topological polar surface area (TPSA) is 20.3 Å². The molecule has 0 aliphatic carbocycles. The normalized spacial score (nSPS) is 20.7. The van der Waals surface area contributed by atoms with Gasteiger partial charge in [-0.1, -0.05) is 0 Å². The maximum Gasteiger partial charge on any atom is 0.137 e. The lowest BCUT2D eigenvalue weighted by atomic mass is 10.4. The van der Waals surface area contributed by atoms with Gasteiger partial charge in [-0.15, -0.1) is 11.3 Å². The first kappa shape index (κ1) is 9.83. The van der Waals surface area contributed by atoms with E-state index in [0.717, 1.165) is 21.1 Å². The fourth-order valence-corrected chi connectivity index (χ4v) is 4.71. The van der Waals surface area contributed by atoms with Crippen LogP contribution in [-0.2, 0) is 11.0 Å². The summed E-state index contributed by atoms with van der Waals surface area (Å²) in [5, 5.41) is 0. The average Bonchev–Trinajstić information content (AvgIpc) is 2.72. The third kappa shape index (κ3) is 2.21. The number of nitrogens with zero attached hydrogens (tertiary/aromatic N) is 1. The summed E-state index contributed by atoms with van der Waals surface area (Å²) in [5.41, 5.74) is 0. The van der Waals surface area contributed by atoms with Gasteiger partial charge in [-0.2, -0.15) is 0 Å². The summed E-state index contributed by atoms with van der Waals surface area (Å²) in [6.07, 6.45) is 2.36. The van der Waals surface area contributed by atoms with Crippen LogP contribution in [0.4, 0.5) is 0 Å². The van der Waals surface area contributed by atoms with Crippen LogP contribution in [0.25, 0.3) is 0 Å². The Balaban J connectivity index is 2.12. The molecule has 13 heavy (non-hydrogen) atoms. The molecule has 2 heterocycles. The molecule has 0 N–H and O–H groups in total. The third-order valence-electron chi connectivity index (χ3n) is 2.02. The third-order valence-corrected chi connectivity index (χ3v) is 5.43. The molecular formula is C8H10BrNOS2. The molecule has 0 amide bonds. The van der Waals surface area contributed by atoms with E-state index in [-0.39, 0.29) is 0 Å². The standard InChI is InChI=1S/C8H10BrNOS2/c9-7-3-4-8(12-7)13(11)10-5-1-2-6-10/h3-4H,1-2,5-6H2. The predicted molar refractivity (Wildman–Crippen MR) is 59.2 cm³/mol. The second-order valence-corrected chi connectivity index (χ2v) is 7.12. The lowest BCUT2D eigenvalue weighted by Crippen LogP contribution is -2.21. The summed E-state index contributed by atoms with van der Waals surface area (Å²) < 4.78 is 15.9. The van der Waals surface area contributed by atoms with Crippen molar-refractivity contribution in [1.29, 1.82) is 0 Å². The van der Waals surface area contributed by atoms with Crippen LogP contribution < -0.4 is 0 Å². The Bertz CT molecular complexity index is 320. The van der Waals surface area contributed by atoms with Crippen molar-refractivity contribution in [3.63, 3.8) is 0 Å². The van der Waals surface area contributed by atoms with Crippen LogP contribution in [0.5, 0.6) is 0 Å². The van der Waals surface area contributed by atoms with Crippen molar-refractivity contribution in [3.8, 4) is 0 Å². The van der Waals surface area contributed by atoms with E-state index in [1.165, 1.54) is 12.8 Å². The summed E-state index contributed by atoms with van der Waals surface area (Å²) in [4.78, 5) is 0. The number of rotatable bonds is 2. The van der Waals surface area contributed by atoms with E-state index >= 15 is 0 Å². The van der Waals surface area contributed by atoms with Crippen LogP contribution in [0.1, 0.15) is 12.8 Å². The molecule has 0 spiro atoms. The van der Waals surface area contributed by atoms with E-state index in [4.69, 9.17) is 0 Å². The second-order valence-electron chi connectivity index (χ2n) is 2.94. The molecule has 0 saturated carbocycles. The fourth-order valence-electron chi connectivity index (χ4n) is 1.37. The molecule has 72 valence electrons. The molecule has 2 nitrogen and oxygen atoms in total. The monoisotopic (exact) mass is 279 g/mol. The molecule has 0 bridgehead atoms. The van der Waals surface area contributed by atoms with Gasteiger partial charge in [0.05, 0.1) is 3.79 Å². The minimum Gasteiger partial charge on any atom is -0.236 e. The minimum absolute atomic E-state index is 0.916. The lowest BCUT2D eigenvalue weighted by Gasteiger charge is -2.11. The van der Waals surface area contributed by atoms with Gasteiger partial charge in [0, 0.05) is 13.1 Å². The van der Waals surface area contributed by atoms with Gasteiger partial charge < -0.3 is 0 Å². The van der Waals surface area contributed by atoms with Gasteiger partial charge in [0.1, 0.15) is 15.2 Å². The molecule has 5 heteroatoms. The quantitative estimate of drug-likeness (QED) is 0.815. The zero-order valence-electron chi connectivity index (χ0n) is 7.03. The van der Waals surface area contributed by atoms with Crippen LogP contribution in [0.15, 0.2) is 20.1 Å². The van der Waals surface area contributed by atoms with E-state index in [9.17, 15) is 4.21 Å². The molecule has 1 aromatic rings. The van der Waals surface area contributed by atoms with Crippen molar-refractivity contribution < 1.29 is 4.21 Å². The van der Waals surface area contributed by atoms with E-state index < -0.39 is 11.0 Å². The zero-order chi connectivity index (χ0) is 9.26. The Labute approximate surface area is 92.7 Å². The second kappa shape index (κ2) is 4.21. The van der Waals surface area contributed by atoms with Gasteiger partial charge in [0.15, 0.2) is 0 Å². The minimum atomic E-state index is -0.916. The highest BCUT2D eigenvalue weighted by molar-refractivity contribution is 9.11. The first-order valence-corrected chi connectivity index (χ1v) is 6.91. The fraction of sp³-hybridized carbons (Fsp3) is 0.500. The van der Waals surface area contributed by atoms with Crippen LogP contribution in [0.3, 0.4) is 0 Å². The number of thiophene rings is 1. The Morgan fingerprint density at radius 2 is 2.08 bits per heavy atom. The van der Waals surface area contributed by atoms with Crippen LogP contribution in [0.2, 0.25) is 0 Å². The Morgan fingerprint density at radius 3 is 2.62 bits per heavy atom. The van der Waals surface area contributed by atoms with Gasteiger partial charge in [0.2, 0.25) is 0 Å². The maximum atomic E-state index is 11.9. The molecule has 1 saturated heterocycles. The van der Waals surface area contributed by atoms with E-state index in [1.54, 1.807) is 11.3 Å². The summed E-state index contributed by atoms with van der Waals surface area (Å²) >= 11 is 4.93. The highest BCUT2D eigenvalue weighted by Gasteiger charge is 2.20. The smallest absolute Gasteiger partial charge is 0.137 e. The van der Waals surface area contributed by atoms with E-state index in [2.05, 4.69) is 15.9 Å². The van der Waals surface area contributed by atoms with Crippen molar-refractivity contribution in [2.75, 3.05) is 13.1 Å². The van der Waals surface area contributed by atoms with Crippen LogP contribution in [0, 0.1) is 0 Å². The highest BCUT2D eigenvalue weighted by Crippen LogP contribution is 2.27. The summed E-state index contributed by atoms with van der Waals surface area (Å²) in [5.74, 6) is 0. The summed E-state index contributed by atoms with van der Waals surface area (Å²) in [6.45, 7) is 1.95. The molecule has 1 fully saturated rings. The molecule has 1 aromatic heterocycles. The summed E-state index contributed by atoms with van der Waals surface area (Å²) in [6, 6.07) is 3.89. The molecule has 0 aromatic carbocycles. The number of halogens is 1. The zero-order valence-corrected chi connectivity index (χ0v) is 10.3. The molecule has 1 aliphatic rings. The Hall–Kier alpha value is 0.290. The van der Waals surface area contributed by atoms with Crippen molar-refractivity contribution in [2.24, 2.45) is 0 Å². The molecule has 1 atom stereocenters. The van der Waals surface area contributed by atoms with Crippen molar-refractivity contribution >= 4 is 38.3 Å². The lowest BCUT2D eigenvalue weighted by molar-refractivity contribution is 0.537. The molecule has 1 unspecified atom stereocenters. The van der Waals surface area contributed by atoms with Crippen molar-refractivity contribution in [3.05, 3.63) is 15.9 Å². The average molecular weight is 280 g/mol. The van der Waals surface area contributed by atoms with E-state index in [1.807, 2.05) is 16.4 Å². The largest absolute Gasteiger partial charge is 0.236 e. The molecule has 1 aliphatic heterocycles. The number of hydrogen-bond acceptors (Lipinski definition) is 2. The SMILES string of the molecule is O=S(c1ccc(Br)s1)N1CCCC1. The van der Waals surface area contributed by atoms with Gasteiger partial charge in [-0.25, -0.2) is 8.51 Å². The predicted octanol–water partition coefficient (Wildman–Crippen LogP) is 2.63. The first-order chi connectivity index (χ1) is 6.27. The Morgan fingerprint density at radius 1 is 1.38 bits per heavy atom. The van der Waals surface area contributed by atoms with Crippen LogP contribution in [-0.4, -0.2) is 21.6 Å². The summed E-state index contributed by atoms with van der Waals surface area (Å²) in [7, 11) is -0.916. The van der Waals surface area contributed by atoms with Crippen molar-refractivity contribution in [1.82, 2.24) is 4.31 Å². The maximum absolute atomic E-state index is 11.9. The van der Waals surface area contributed by atoms with E-state index in [0.29, 0.717) is 0 Å². The molecule has 2 rings (SSSR count). The first-order valence-electron chi connectivity index (χ1n) is 4.19. The van der Waals surface area contributed by atoms with Gasteiger partial charge in [-0.05, 0) is 40.9 Å². The van der Waals surface area contributed by atoms with Crippen molar-refractivity contribution in [2.45, 2.75) is 17.1 Å². The van der Waals surface area contributed by atoms with Gasteiger partial charge in [-0.3, -0.25) is 0 Å². The molecule has 0 radical (unpaired) electrons. The Kier molecular flexibility index (Phi) is 3.18. The van der Waals surface area contributed by atoms with Gasteiger partial charge in [0.25, 0.3) is 0 Å².